The summed E-state index contributed by atoms with van der Waals surface area (Å²) in [5.74, 6) is 0. The molecule has 2 aliphatic rings. The van der Waals surface area contributed by atoms with Crippen LogP contribution in [0.4, 0.5) is 4.79 Å². The largest absolute Gasteiger partial charge is 0.447 e. The van der Waals surface area contributed by atoms with Crippen LogP contribution in [0.1, 0.15) is 0 Å². The zero-order valence-electron chi connectivity index (χ0n) is 9.66. The SMILES string of the molecule is O=C1OCC2CN(CCn3ccnc3)CCN12. The number of aromatic nitrogens is 2. The fourth-order valence-electron chi connectivity index (χ4n) is 2.43. The minimum Gasteiger partial charge on any atom is -0.447 e. The average Bonchev–Trinajstić information content (AvgIpc) is 2.97. The molecule has 1 unspecified atom stereocenters. The van der Waals surface area contributed by atoms with E-state index in [0.717, 1.165) is 32.7 Å². The maximum atomic E-state index is 11.3. The summed E-state index contributed by atoms with van der Waals surface area (Å²) >= 11 is 0. The van der Waals surface area contributed by atoms with Crippen molar-refractivity contribution < 1.29 is 9.53 Å². The summed E-state index contributed by atoms with van der Waals surface area (Å²) in [4.78, 5) is 19.6. The quantitative estimate of drug-likeness (QED) is 0.742. The Morgan fingerprint density at radius 2 is 2.35 bits per heavy atom. The highest BCUT2D eigenvalue weighted by atomic mass is 16.6. The number of ether oxygens (including phenoxy) is 1. The molecule has 0 spiro atoms. The van der Waals surface area contributed by atoms with Gasteiger partial charge in [0.25, 0.3) is 0 Å². The lowest BCUT2D eigenvalue weighted by atomic mass is 10.2. The lowest BCUT2D eigenvalue weighted by molar-refractivity contribution is 0.117. The molecule has 92 valence electrons. The van der Waals surface area contributed by atoms with E-state index < -0.39 is 0 Å². The van der Waals surface area contributed by atoms with E-state index in [4.69, 9.17) is 4.74 Å². The lowest BCUT2D eigenvalue weighted by Gasteiger charge is -2.35. The number of rotatable bonds is 3. The topological polar surface area (TPSA) is 50.6 Å². The van der Waals surface area contributed by atoms with Gasteiger partial charge in [-0.3, -0.25) is 9.80 Å². The van der Waals surface area contributed by atoms with Crippen molar-refractivity contribution in [3.63, 3.8) is 0 Å². The highest BCUT2D eigenvalue weighted by Crippen LogP contribution is 2.17. The van der Waals surface area contributed by atoms with E-state index in [1.165, 1.54) is 0 Å². The molecule has 6 heteroatoms. The molecule has 1 aromatic rings. The van der Waals surface area contributed by atoms with Gasteiger partial charge in [-0.25, -0.2) is 9.78 Å². The van der Waals surface area contributed by atoms with E-state index in [1.54, 1.807) is 6.20 Å². The lowest BCUT2D eigenvalue weighted by Crippen LogP contribution is -2.52. The van der Waals surface area contributed by atoms with Crippen LogP contribution in [0.25, 0.3) is 0 Å². The third-order valence-electron chi connectivity index (χ3n) is 3.43. The number of piperazine rings is 1. The molecule has 2 fully saturated rings. The predicted octanol–water partition coefficient (Wildman–Crippen LogP) is 0.0195. The molecule has 0 radical (unpaired) electrons. The molecule has 1 amide bonds. The standard InChI is InChI=1S/C11H16N4O2/c16-11-15-6-5-13(7-10(15)8-17-11)3-4-14-2-1-12-9-14/h1-2,9-10H,3-8H2. The first-order valence-electron chi connectivity index (χ1n) is 5.94. The van der Waals surface area contributed by atoms with E-state index >= 15 is 0 Å². The molecular formula is C11H16N4O2. The van der Waals surface area contributed by atoms with Crippen molar-refractivity contribution in [1.82, 2.24) is 19.4 Å². The zero-order chi connectivity index (χ0) is 11.7. The van der Waals surface area contributed by atoms with Crippen molar-refractivity contribution in [1.29, 1.82) is 0 Å². The molecule has 2 aliphatic heterocycles. The first-order valence-corrected chi connectivity index (χ1v) is 5.94. The van der Waals surface area contributed by atoms with E-state index in [-0.39, 0.29) is 12.1 Å². The van der Waals surface area contributed by atoms with Crippen molar-refractivity contribution in [3.05, 3.63) is 18.7 Å². The second kappa shape index (κ2) is 4.37. The molecule has 1 atom stereocenters. The van der Waals surface area contributed by atoms with Crippen molar-refractivity contribution in [2.45, 2.75) is 12.6 Å². The van der Waals surface area contributed by atoms with E-state index in [9.17, 15) is 4.79 Å². The Kier molecular flexibility index (Phi) is 2.72. The van der Waals surface area contributed by atoms with Crippen molar-refractivity contribution in [3.8, 4) is 0 Å². The molecule has 17 heavy (non-hydrogen) atoms. The average molecular weight is 236 g/mol. The highest BCUT2D eigenvalue weighted by Gasteiger charge is 2.36. The van der Waals surface area contributed by atoms with Crippen LogP contribution in [-0.4, -0.2) is 64.3 Å². The minimum absolute atomic E-state index is 0.149. The summed E-state index contributed by atoms with van der Waals surface area (Å²) in [6.07, 6.45) is 5.45. The summed E-state index contributed by atoms with van der Waals surface area (Å²) in [5.41, 5.74) is 0. The first kappa shape index (κ1) is 10.6. The number of fused-ring (bicyclic) bond motifs is 1. The van der Waals surface area contributed by atoms with Crippen LogP contribution in [-0.2, 0) is 11.3 Å². The number of carbonyl (C=O) groups excluding carboxylic acids is 1. The van der Waals surface area contributed by atoms with Gasteiger partial charge in [-0.15, -0.1) is 0 Å². The molecular weight excluding hydrogens is 220 g/mol. The Morgan fingerprint density at radius 3 is 3.18 bits per heavy atom. The van der Waals surface area contributed by atoms with Gasteiger partial charge < -0.3 is 9.30 Å². The summed E-state index contributed by atoms with van der Waals surface area (Å²) < 4.78 is 7.12. The Morgan fingerprint density at radius 1 is 1.41 bits per heavy atom. The van der Waals surface area contributed by atoms with Gasteiger partial charge in [0, 0.05) is 45.1 Å². The monoisotopic (exact) mass is 236 g/mol. The number of carbonyl (C=O) groups is 1. The third-order valence-corrected chi connectivity index (χ3v) is 3.43. The molecule has 2 saturated heterocycles. The number of amides is 1. The van der Waals surface area contributed by atoms with Gasteiger partial charge in [0.15, 0.2) is 0 Å². The third kappa shape index (κ3) is 2.12. The first-order chi connectivity index (χ1) is 8.33. The molecule has 3 rings (SSSR count). The van der Waals surface area contributed by atoms with Gasteiger partial charge in [-0.1, -0.05) is 0 Å². The molecule has 6 nitrogen and oxygen atoms in total. The Balaban J connectivity index is 1.52. The van der Waals surface area contributed by atoms with Crippen LogP contribution in [0.2, 0.25) is 0 Å². The molecule has 1 aromatic heterocycles. The molecule has 0 aliphatic carbocycles. The van der Waals surface area contributed by atoms with E-state index in [2.05, 4.69) is 14.5 Å². The van der Waals surface area contributed by atoms with Crippen molar-refractivity contribution in [2.24, 2.45) is 0 Å². The predicted molar refractivity (Wildman–Crippen MR) is 60.5 cm³/mol. The Bertz CT molecular complexity index is 392. The molecule has 0 bridgehead atoms. The summed E-state index contributed by atoms with van der Waals surface area (Å²) in [6, 6.07) is 0.249. The second-order valence-corrected chi connectivity index (χ2v) is 4.53. The van der Waals surface area contributed by atoms with Crippen LogP contribution < -0.4 is 0 Å². The number of imidazole rings is 1. The smallest absolute Gasteiger partial charge is 0.410 e. The highest BCUT2D eigenvalue weighted by molar-refractivity contribution is 5.70. The number of hydrogen-bond donors (Lipinski definition) is 0. The Hall–Kier alpha value is -1.56. The molecule has 0 aromatic carbocycles. The summed E-state index contributed by atoms with van der Waals surface area (Å²) in [7, 11) is 0. The molecule has 0 N–H and O–H groups in total. The maximum Gasteiger partial charge on any atom is 0.410 e. The van der Waals surface area contributed by atoms with Crippen LogP contribution in [0, 0.1) is 0 Å². The minimum atomic E-state index is -0.149. The molecule has 3 heterocycles. The normalized spacial score (nSPS) is 24.8. The number of hydrogen-bond acceptors (Lipinski definition) is 4. The summed E-state index contributed by atoms with van der Waals surface area (Å²) in [6.45, 7) is 5.12. The van der Waals surface area contributed by atoms with Gasteiger partial charge in [0.2, 0.25) is 0 Å². The van der Waals surface area contributed by atoms with Gasteiger partial charge in [-0.2, -0.15) is 0 Å². The fraction of sp³-hybridized carbons (Fsp3) is 0.636. The zero-order valence-corrected chi connectivity index (χ0v) is 9.66. The summed E-state index contributed by atoms with van der Waals surface area (Å²) in [5, 5.41) is 0. The van der Waals surface area contributed by atoms with Gasteiger partial charge in [-0.05, 0) is 0 Å². The second-order valence-electron chi connectivity index (χ2n) is 4.53. The number of nitrogens with zero attached hydrogens (tertiary/aromatic N) is 4. The van der Waals surface area contributed by atoms with Crippen LogP contribution in [0.15, 0.2) is 18.7 Å². The Labute approximate surface area is 99.8 Å². The maximum absolute atomic E-state index is 11.3. The van der Waals surface area contributed by atoms with E-state index in [0.29, 0.717) is 6.61 Å². The fourth-order valence-corrected chi connectivity index (χ4v) is 2.43. The van der Waals surface area contributed by atoms with Gasteiger partial charge in [0.1, 0.15) is 6.61 Å². The van der Waals surface area contributed by atoms with Gasteiger partial charge in [0.05, 0.1) is 12.4 Å². The van der Waals surface area contributed by atoms with Crippen LogP contribution >= 0.6 is 0 Å². The molecule has 0 saturated carbocycles. The van der Waals surface area contributed by atoms with E-state index in [1.807, 2.05) is 17.4 Å². The van der Waals surface area contributed by atoms with Gasteiger partial charge >= 0.3 is 6.09 Å². The van der Waals surface area contributed by atoms with Crippen LogP contribution in [0.3, 0.4) is 0 Å². The van der Waals surface area contributed by atoms with Crippen molar-refractivity contribution >= 4 is 6.09 Å². The van der Waals surface area contributed by atoms with Crippen molar-refractivity contribution in [2.75, 3.05) is 32.8 Å². The van der Waals surface area contributed by atoms with Crippen LogP contribution in [0.5, 0.6) is 0 Å². The number of cyclic esters (lactones) is 1.